The summed E-state index contributed by atoms with van der Waals surface area (Å²) in [6.07, 6.45) is 2.22. The van der Waals surface area contributed by atoms with Crippen LogP contribution in [0.15, 0.2) is 52.4 Å². The summed E-state index contributed by atoms with van der Waals surface area (Å²) < 4.78 is 7.10. The largest absolute Gasteiger partial charge is 0.379 e. The molecule has 162 valence electrons. The van der Waals surface area contributed by atoms with Crippen LogP contribution in [-0.4, -0.2) is 33.4 Å². The Morgan fingerprint density at radius 3 is 2.81 bits per heavy atom. The van der Waals surface area contributed by atoms with Crippen LogP contribution >= 0.6 is 0 Å². The van der Waals surface area contributed by atoms with Crippen molar-refractivity contribution in [1.29, 1.82) is 0 Å². The van der Waals surface area contributed by atoms with E-state index in [4.69, 9.17) is 4.74 Å². The molecule has 31 heavy (non-hydrogen) atoms. The minimum atomic E-state index is -0.429. The van der Waals surface area contributed by atoms with Crippen molar-refractivity contribution in [2.75, 3.05) is 12.0 Å². The van der Waals surface area contributed by atoms with E-state index in [2.05, 4.69) is 15.5 Å². The number of nitro benzene ring substituents is 1. The fourth-order valence-corrected chi connectivity index (χ4v) is 3.07. The standard InChI is InChI=1S/C22H25N5O4/c1-15(2)31-12-6-11-26-21(28)18-7-4-5-8-19(18)24-22(26)25-23-14-17-10-9-16(3)20(13-17)27(29)30/h4-5,7-10,13-15H,6,11-12H2,1-3H3,(H,24,25)/b23-14-. The number of nitro groups is 1. The SMILES string of the molecule is Cc1ccc(/C=N\Nc2nc3ccccc3c(=O)n2CCCOC(C)C)cc1[N+](=O)[O-]. The third kappa shape index (κ3) is 5.52. The molecule has 0 saturated carbocycles. The van der Waals surface area contributed by atoms with Gasteiger partial charge in [-0.3, -0.25) is 19.5 Å². The van der Waals surface area contributed by atoms with Crippen LogP contribution in [0.3, 0.4) is 0 Å². The maximum absolute atomic E-state index is 13.0. The smallest absolute Gasteiger partial charge is 0.272 e. The van der Waals surface area contributed by atoms with Crippen LogP contribution in [0.1, 0.15) is 31.4 Å². The Morgan fingerprint density at radius 1 is 1.29 bits per heavy atom. The molecule has 0 aliphatic carbocycles. The molecule has 1 aromatic heterocycles. The van der Waals surface area contributed by atoms with Crippen LogP contribution in [0.4, 0.5) is 11.6 Å². The highest BCUT2D eigenvalue weighted by Crippen LogP contribution is 2.18. The summed E-state index contributed by atoms with van der Waals surface area (Å²) in [5.41, 5.74) is 4.37. The molecule has 1 N–H and O–H groups in total. The molecule has 0 aliphatic rings. The van der Waals surface area contributed by atoms with Crippen molar-refractivity contribution in [2.24, 2.45) is 5.10 Å². The van der Waals surface area contributed by atoms with E-state index in [1.807, 2.05) is 19.9 Å². The molecule has 0 unspecified atom stereocenters. The number of hydrogen-bond donors (Lipinski definition) is 1. The molecule has 9 heteroatoms. The van der Waals surface area contributed by atoms with Gasteiger partial charge in [0.1, 0.15) is 0 Å². The van der Waals surface area contributed by atoms with Gasteiger partial charge < -0.3 is 4.74 Å². The summed E-state index contributed by atoms with van der Waals surface area (Å²) in [4.78, 5) is 28.2. The summed E-state index contributed by atoms with van der Waals surface area (Å²) in [6, 6.07) is 12.0. The highest BCUT2D eigenvalue weighted by atomic mass is 16.6. The van der Waals surface area contributed by atoms with Gasteiger partial charge in [0, 0.05) is 30.3 Å². The highest BCUT2D eigenvalue weighted by molar-refractivity contribution is 5.82. The Morgan fingerprint density at radius 2 is 2.06 bits per heavy atom. The van der Waals surface area contributed by atoms with Crippen molar-refractivity contribution in [3.63, 3.8) is 0 Å². The molecule has 0 bridgehead atoms. The molecule has 0 atom stereocenters. The number of anilines is 1. The molecule has 9 nitrogen and oxygen atoms in total. The molecule has 0 saturated heterocycles. The quantitative estimate of drug-likeness (QED) is 0.242. The zero-order valence-electron chi connectivity index (χ0n) is 17.7. The van der Waals surface area contributed by atoms with Crippen LogP contribution in [0.5, 0.6) is 0 Å². The fraction of sp³-hybridized carbons (Fsp3) is 0.318. The van der Waals surface area contributed by atoms with Gasteiger partial charge in [0.15, 0.2) is 0 Å². The van der Waals surface area contributed by atoms with Crippen LogP contribution < -0.4 is 11.0 Å². The summed E-state index contributed by atoms with van der Waals surface area (Å²) >= 11 is 0. The first-order chi connectivity index (χ1) is 14.9. The van der Waals surface area contributed by atoms with E-state index in [-0.39, 0.29) is 17.4 Å². The summed E-state index contributed by atoms with van der Waals surface area (Å²) in [6.45, 7) is 6.53. The average Bonchev–Trinajstić information content (AvgIpc) is 2.73. The molecule has 0 radical (unpaired) electrons. The minimum absolute atomic E-state index is 0.0230. The fourth-order valence-electron chi connectivity index (χ4n) is 3.07. The number of rotatable bonds is 9. The van der Waals surface area contributed by atoms with Gasteiger partial charge in [-0.2, -0.15) is 5.10 Å². The van der Waals surface area contributed by atoms with Crippen LogP contribution in [0, 0.1) is 17.0 Å². The lowest BCUT2D eigenvalue weighted by Gasteiger charge is -2.13. The molecular formula is C22H25N5O4. The average molecular weight is 423 g/mol. The van der Waals surface area contributed by atoms with Gasteiger partial charge in [-0.25, -0.2) is 10.4 Å². The maximum atomic E-state index is 13.0. The van der Waals surface area contributed by atoms with Gasteiger partial charge >= 0.3 is 0 Å². The molecule has 3 rings (SSSR count). The molecular weight excluding hydrogens is 398 g/mol. The topological polar surface area (TPSA) is 112 Å². The van der Waals surface area contributed by atoms with E-state index < -0.39 is 4.92 Å². The molecule has 1 heterocycles. The van der Waals surface area contributed by atoms with Gasteiger partial charge in [0.25, 0.3) is 11.2 Å². The number of hydrazone groups is 1. The molecule has 0 aliphatic heterocycles. The van der Waals surface area contributed by atoms with Crippen LogP contribution in [0.2, 0.25) is 0 Å². The molecule has 0 fully saturated rings. The van der Waals surface area contributed by atoms with Crippen molar-refractivity contribution in [3.05, 3.63) is 74.1 Å². The number of nitrogens with zero attached hydrogens (tertiary/aromatic N) is 4. The Hall–Kier alpha value is -3.59. The van der Waals surface area contributed by atoms with E-state index in [1.54, 1.807) is 37.3 Å². The normalized spacial score (nSPS) is 11.5. The van der Waals surface area contributed by atoms with Crippen molar-refractivity contribution in [3.8, 4) is 0 Å². The first-order valence-electron chi connectivity index (χ1n) is 10.0. The lowest BCUT2D eigenvalue weighted by atomic mass is 10.1. The summed E-state index contributed by atoms with van der Waals surface area (Å²) in [7, 11) is 0. The van der Waals surface area contributed by atoms with Crippen molar-refractivity contribution in [1.82, 2.24) is 9.55 Å². The molecule has 0 amide bonds. The first kappa shape index (κ1) is 22.1. The number of ether oxygens (including phenoxy) is 1. The zero-order valence-corrected chi connectivity index (χ0v) is 17.7. The molecule has 0 spiro atoms. The Bertz CT molecular complexity index is 1170. The van der Waals surface area contributed by atoms with Gasteiger partial charge in [0.05, 0.1) is 28.1 Å². The Kier molecular flexibility index (Phi) is 7.09. The van der Waals surface area contributed by atoms with Gasteiger partial charge in [-0.1, -0.05) is 24.3 Å². The lowest BCUT2D eigenvalue weighted by Crippen LogP contribution is -2.25. The number of para-hydroxylation sites is 1. The zero-order chi connectivity index (χ0) is 22.4. The second-order valence-corrected chi connectivity index (χ2v) is 7.36. The maximum Gasteiger partial charge on any atom is 0.272 e. The number of nitrogens with one attached hydrogen (secondary N) is 1. The Labute approximate surface area is 179 Å². The number of aryl methyl sites for hydroxylation is 1. The predicted molar refractivity (Wildman–Crippen MR) is 121 cm³/mol. The predicted octanol–water partition coefficient (Wildman–Crippen LogP) is 3.87. The summed E-state index contributed by atoms with van der Waals surface area (Å²) in [5.74, 6) is 0.297. The van der Waals surface area contributed by atoms with Crippen molar-refractivity contribution < 1.29 is 9.66 Å². The summed E-state index contributed by atoms with van der Waals surface area (Å²) in [5, 5.41) is 15.8. The van der Waals surface area contributed by atoms with Crippen molar-refractivity contribution in [2.45, 2.75) is 39.8 Å². The minimum Gasteiger partial charge on any atom is -0.379 e. The second-order valence-electron chi connectivity index (χ2n) is 7.36. The van der Waals surface area contributed by atoms with Crippen molar-refractivity contribution >= 4 is 28.8 Å². The number of benzene rings is 2. The van der Waals surface area contributed by atoms with Gasteiger partial charge in [-0.15, -0.1) is 0 Å². The van der Waals surface area contributed by atoms with E-state index in [1.165, 1.54) is 16.8 Å². The van der Waals surface area contributed by atoms with E-state index in [0.29, 0.717) is 47.6 Å². The van der Waals surface area contributed by atoms with E-state index in [0.717, 1.165) is 0 Å². The van der Waals surface area contributed by atoms with Crippen LogP contribution in [-0.2, 0) is 11.3 Å². The first-order valence-corrected chi connectivity index (χ1v) is 10.0. The van der Waals surface area contributed by atoms with Gasteiger partial charge in [0.2, 0.25) is 5.95 Å². The van der Waals surface area contributed by atoms with Gasteiger partial charge in [-0.05, 0) is 39.3 Å². The molecule has 2 aromatic carbocycles. The highest BCUT2D eigenvalue weighted by Gasteiger charge is 2.12. The monoisotopic (exact) mass is 423 g/mol. The number of hydrogen-bond acceptors (Lipinski definition) is 7. The Balaban J connectivity index is 1.87. The number of aromatic nitrogens is 2. The third-order valence-electron chi connectivity index (χ3n) is 4.65. The third-order valence-corrected chi connectivity index (χ3v) is 4.65. The van der Waals surface area contributed by atoms with Crippen LogP contribution in [0.25, 0.3) is 10.9 Å². The lowest BCUT2D eigenvalue weighted by molar-refractivity contribution is -0.385. The molecule has 3 aromatic rings. The number of fused-ring (bicyclic) bond motifs is 1. The van der Waals surface area contributed by atoms with E-state index in [9.17, 15) is 14.9 Å². The second kappa shape index (κ2) is 9.94. The van der Waals surface area contributed by atoms with E-state index >= 15 is 0 Å².